The van der Waals surface area contributed by atoms with Gasteiger partial charge in [0.2, 0.25) is 0 Å². The number of hydrogen-bond acceptors (Lipinski definition) is 0. The SMILES string of the molecule is Cc1cc(-c2cc(F)cc(F)c2)cc(C)c1C(C)C. The topological polar surface area (TPSA) is 0 Å². The highest BCUT2D eigenvalue weighted by Gasteiger charge is 2.10. The van der Waals surface area contributed by atoms with E-state index >= 15 is 0 Å². The molecular formula is C17H18F2. The first-order valence-corrected chi connectivity index (χ1v) is 6.46. The van der Waals surface area contributed by atoms with Crippen molar-refractivity contribution in [1.29, 1.82) is 0 Å². The molecule has 0 radical (unpaired) electrons. The number of hydrogen-bond donors (Lipinski definition) is 0. The van der Waals surface area contributed by atoms with Crippen LogP contribution in [0.25, 0.3) is 11.1 Å². The number of benzene rings is 2. The van der Waals surface area contributed by atoms with E-state index in [4.69, 9.17) is 0 Å². The highest BCUT2D eigenvalue weighted by molar-refractivity contribution is 5.66. The Bertz CT molecular complexity index is 569. The van der Waals surface area contributed by atoms with Gasteiger partial charge in [0.05, 0.1) is 0 Å². The molecule has 0 nitrogen and oxygen atoms in total. The first-order valence-electron chi connectivity index (χ1n) is 6.46. The van der Waals surface area contributed by atoms with Gasteiger partial charge < -0.3 is 0 Å². The predicted molar refractivity (Wildman–Crippen MR) is 75.4 cm³/mol. The summed E-state index contributed by atoms with van der Waals surface area (Å²) >= 11 is 0. The Balaban J connectivity index is 2.58. The van der Waals surface area contributed by atoms with Gasteiger partial charge in [-0.1, -0.05) is 26.0 Å². The first kappa shape index (κ1) is 13.7. The van der Waals surface area contributed by atoms with E-state index in [1.54, 1.807) is 0 Å². The van der Waals surface area contributed by atoms with Crippen molar-refractivity contribution < 1.29 is 8.78 Å². The average Bonchev–Trinajstić information content (AvgIpc) is 2.25. The molecule has 0 heterocycles. The van der Waals surface area contributed by atoms with Crippen molar-refractivity contribution in [2.45, 2.75) is 33.6 Å². The molecule has 0 saturated carbocycles. The monoisotopic (exact) mass is 260 g/mol. The third-order valence-electron chi connectivity index (χ3n) is 3.37. The van der Waals surface area contributed by atoms with Crippen LogP contribution in [0.1, 0.15) is 36.5 Å². The highest BCUT2D eigenvalue weighted by Crippen LogP contribution is 2.30. The van der Waals surface area contributed by atoms with Crippen LogP contribution in [0.4, 0.5) is 8.78 Å². The lowest BCUT2D eigenvalue weighted by Gasteiger charge is -2.16. The zero-order chi connectivity index (χ0) is 14.2. The molecule has 0 atom stereocenters. The summed E-state index contributed by atoms with van der Waals surface area (Å²) in [6.45, 7) is 8.39. The molecule has 0 aliphatic carbocycles. The minimum Gasteiger partial charge on any atom is -0.207 e. The molecule has 0 unspecified atom stereocenters. The molecule has 0 spiro atoms. The van der Waals surface area contributed by atoms with Crippen LogP contribution < -0.4 is 0 Å². The van der Waals surface area contributed by atoms with Gasteiger partial charge in [-0.05, 0) is 59.7 Å². The molecule has 0 aromatic heterocycles. The molecule has 0 fully saturated rings. The van der Waals surface area contributed by atoms with Gasteiger partial charge in [0.15, 0.2) is 0 Å². The fraction of sp³-hybridized carbons (Fsp3) is 0.294. The summed E-state index contributed by atoms with van der Waals surface area (Å²) < 4.78 is 26.6. The quantitative estimate of drug-likeness (QED) is 0.680. The van der Waals surface area contributed by atoms with E-state index in [2.05, 4.69) is 13.8 Å². The van der Waals surface area contributed by atoms with Crippen molar-refractivity contribution in [3.05, 3.63) is 58.7 Å². The standard InChI is InChI=1S/C17H18F2/c1-10(2)17-11(3)5-13(6-12(17)4)14-7-15(18)9-16(19)8-14/h5-10H,1-4H3. The van der Waals surface area contributed by atoms with Gasteiger partial charge in [0, 0.05) is 6.07 Å². The highest BCUT2D eigenvalue weighted by atomic mass is 19.1. The lowest BCUT2D eigenvalue weighted by molar-refractivity contribution is 0.584. The number of halogens is 2. The Labute approximate surface area is 113 Å². The Kier molecular flexibility index (Phi) is 3.70. The van der Waals surface area contributed by atoms with E-state index in [0.29, 0.717) is 11.5 Å². The maximum absolute atomic E-state index is 13.3. The molecule has 0 bridgehead atoms. The van der Waals surface area contributed by atoms with Gasteiger partial charge in [-0.15, -0.1) is 0 Å². The summed E-state index contributed by atoms with van der Waals surface area (Å²) in [5.74, 6) is -0.644. The van der Waals surface area contributed by atoms with E-state index in [1.807, 2.05) is 26.0 Å². The van der Waals surface area contributed by atoms with E-state index in [9.17, 15) is 8.78 Å². The molecular weight excluding hydrogens is 242 g/mol. The summed E-state index contributed by atoms with van der Waals surface area (Å²) in [6.07, 6.45) is 0. The van der Waals surface area contributed by atoms with Crippen LogP contribution in [-0.4, -0.2) is 0 Å². The fourth-order valence-corrected chi connectivity index (χ4v) is 2.77. The molecule has 0 aliphatic rings. The lowest BCUT2D eigenvalue weighted by atomic mass is 9.90. The lowest BCUT2D eigenvalue weighted by Crippen LogP contribution is -1.97. The Morgan fingerprint density at radius 2 is 1.16 bits per heavy atom. The molecule has 0 saturated heterocycles. The van der Waals surface area contributed by atoms with Crippen LogP contribution in [0, 0.1) is 25.5 Å². The zero-order valence-electron chi connectivity index (χ0n) is 11.7. The molecule has 2 aromatic rings. The average molecular weight is 260 g/mol. The van der Waals surface area contributed by atoms with Gasteiger partial charge >= 0.3 is 0 Å². The Morgan fingerprint density at radius 1 is 0.737 bits per heavy atom. The maximum Gasteiger partial charge on any atom is 0.126 e. The van der Waals surface area contributed by atoms with Crippen molar-refractivity contribution in [3.63, 3.8) is 0 Å². The van der Waals surface area contributed by atoms with Crippen LogP contribution in [0.3, 0.4) is 0 Å². The molecule has 100 valence electrons. The van der Waals surface area contributed by atoms with Crippen molar-refractivity contribution in [2.24, 2.45) is 0 Å². The van der Waals surface area contributed by atoms with Gasteiger partial charge in [-0.3, -0.25) is 0 Å². The van der Waals surface area contributed by atoms with Crippen LogP contribution in [0.2, 0.25) is 0 Å². The normalized spacial score (nSPS) is 11.1. The molecule has 2 heteroatoms. The van der Waals surface area contributed by atoms with Crippen molar-refractivity contribution in [3.8, 4) is 11.1 Å². The molecule has 19 heavy (non-hydrogen) atoms. The second-order valence-electron chi connectivity index (χ2n) is 5.34. The summed E-state index contributed by atoms with van der Waals surface area (Å²) in [5.41, 5.74) is 5.07. The van der Waals surface area contributed by atoms with E-state index in [-0.39, 0.29) is 0 Å². The van der Waals surface area contributed by atoms with Crippen LogP contribution >= 0.6 is 0 Å². The molecule has 2 rings (SSSR count). The first-order chi connectivity index (χ1) is 8.88. The smallest absolute Gasteiger partial charge is 0.126 e. The molecule has 0 aliphatic heterocycles. The fourth-order valence-electron chi connectivity index (χ4n) is 2.77. The van der Waals surface area contributed by atoms with Crippen LogP contribution in [-0.2, 0) is 0 Å². The van der Waals surface area contributed by atoms with Gasteiger partial charge in [0.25, 0.3) is 0 Å². The van der Waals surface area contributed by atoms with Gasteiger partial charge in [-0.25, -0.2) is 8.78 Å². The Hall–Kier alpha value is -1.70. The van der Waals surface area contributed by atoms with Crippen molar-refractivity contribution in [2.75, 3.05) is 0 Å². The summed E-state index contributed by atoms with van der Waals surface area (Å²) in [6, 6.07) is 7.62. The summed E-state index contributed by atoms with van der Waals surface area (Å²) in [4.78, 5) is 0. The maximum atomic E-state index is 13.3. The van der Waals surface area contributed by atoms with Gasteiger partial charge in [0.1, 0.15) is 11.6 Å². The second-order valence-corrected chi connectivity index (χ2v) is 5.34. The molecule has 2 aromatic carbocycles. The van der Waals surface area contributed by atoms with Crippen LogP contribution in [0.15, 0.2) is 30.3 Å². The van der Waals surface area contributed by atoms with Crippen molar-refractivity contribution in [1.82, 2.24) is 0 Å². The predicted octanol–water partition coefficient (Wildman–Crippen LogP) is 5.37. The molecule has 0 N–H and O–H groups in total. The Morgan fingerprint density at radius 3 is 1.58 bits per heavy atom. The van der Waals surface area contributed by atoms with E-state index in [0.717, 1.165) is 22.8 Å². The minimum atomic E-state index is -0.543. The van der Waals surface area contributed by atoms with Crippen molar-refractivity contribution >= 4 is 0 Å². The summed E-state index contributed by atoms with van der Waals surface area (Å²) in [5, 5.41) is 0. The van der Waals surface area contributed by atoms with Gasteiger partial charge in [-0.2, -0.15) is 0 Å². The molecule has 0 amide bonds. The third-order valence-corrected chi connectivity index (χ3v) is 3.37. The number of rotatable bonds is 2. The number of aryl methyl sites for hydroxylation is 2. The summed E-state index contributed by atoms with van der Waals surface area (Å²) in [7, 11) is 0. The largest absolute Gasteiger partial charge is 0.207 e. The van der Waals surface area contributed by atoms with Crippen LogP contribution in [0.5, 0.6) is 0 Å². The third kappa shape index (κ3) is 2.83. The van der Waals surface area contributed by atoms with E-state index in [1.165, 1.54) is 17.7 Å². The zero-order valence-corrected chi connectivity index (χ0v) is 11.7. The van der Waals surface area contributed by atoms with E-state index < -0.39 is 11.6 Å². The minimum absolute atomic E-state index is 0.443. The second kappa shape index (κ2) is 5.12.